The van der Waals surface area contributed by atoms with Crippen LogP contribution in [0.3, 0.4) is 0 Å². The SMILES string of the molecule is CCOC(=O)c1cnn2c(-c3cccc(NC(=O)c4nn(C)c(C(F)(F)F)c4Cl)c3)ccnc12. The Balaban J connectivity index is 1.66. The van der Waals surface area contributed by atoms with Crippen molar-refractivity contribution in [2.75, 3.05) is 11.9 Å². The van der Waals surface area contributed by atoms with Gasteiger partial charge in [0.1, 0.15) is 10.6 Å². The molecule has 1 N–H and O–H groups in total. The van der Waals surface area contributed by atoms with Crippen molar-refractivity contribution in [2.24, 2.45) is 7.05 Å². The fourth-order valence-corrected chi connectivity index (χ4v) is 3.71. The predicted octanol–water partition coefficient (Wildman–Crippen LogP) is 4.23. The minimum Gasteiger partial charge on any atom is -0.462 e. The molecule has 3 aromatic heterocycles. The summed E-state index contributed by atoms with van der Waals surface area (Å²) in [6.07, 6.45) is -1.93. The topological polar surface area (TPSA) is 103 Å². The molecule has 0 aliphatic carbocycles. The summed E-state index contributed by atoms with van der Waals surface area (Å²) in [5.74, 6) is -1.47. The highest BCUT2D eigenvalue weighted by atomic mass is 35.5. The van der Waals surface area contributed by atoms with Crippen molar-refractivity contribution in [3.8, 4) is 11.3 Å². The van der Waals surface area contributed by atoms with Gasteiger partial charge in [0.25, 0.3) is 5.91 Å². The third-order valence-electron chi connectivity index (χ3n) is 4.79. The van der Waals surface area contributed by atoms with Crippen LogP contribution < -0.4 is 5.32 Å². The Kier molecular flexibility index (Phi) is 6.00. The number of nitrogens with zero attached hydrogens (tertiary/aromatic N) is 5. The van der Waals surface area contributed by atoms with Gasteiger partial charge < -0.3 is 10.1 Å². The second-order valence-corrected chi connectivity index (χ2v) is 7.39. The molecular weight excluding hydrogens is 477 g/mol. The molecule has 0 fully saturated rings. The van der Waals surface area contributed by atoms with Crippen LogP contribution in [0.2, 0.25) is 5.02 Å². The predicted molar refractivity (Wildman–Crippen MR) is 116 cm³/mol. The summed E-state index contributed by atoms with van der Waals surface area (Å²) in [5, 5.41) is 9.54. The third-order valence-corrected chi connectivity index (χ3v) is 5.14. The first-order chi connectivity index (χ1) is 16.1. The smallest absolute Gasteiger partial charge is 0.434 e. The average Bonchev–Trinajstić information content (AvgIpc) is 3.34. The lowest BCUT2D eigenvalue weighted by Crippen LogP contribution is -2.13. The second kappa shape index (κ2) is 8.78. The maximum absolute atomic E-state index is 13.2. The minimum absolute atomic E-state index is 0.193. The number of rotatable bonds is 5. The highest BCUT2D eigenvalue weighted by Crippen LogP contribution is 2.36. The number of carbonyl (C=O) groups is 2. The van der Waals surface area contributed by atoms with E-state index in [0.717, 1.165) is 7.05 Å². The standard InChI is InChI=1S/C21H16ClF3N6O3/c1-3-34-20(33)13-10-27-31-14(7-8-26-18(13)31)11-5-4-6-12(9-11)28-19(32)16-15(22)17(21(23,24)25)30(2)29-16/h4-10H,3H2,1-2H3,(H,28,32). The number of ether oxygens (including phenoxy) is 1. The lowest BCUT2D eigenvalue weighted by molar-refractivity contribution is -0.143. The van der Waals surface area contributed by atoms with Crippen LogP contribution in [-0.2, 0) is 18.0 Å². The number of fused-ring (bicyclic) bond motifs is 1. The molecule has 4 aromatic rings. The molecule has 3 heterocycles. The Morgan fingerprint density at radius 1 is 1.24 bits per heavy atom. The Labute approximate surface area is 195 Å². The van der Waals surface area contributed by atoms with Gasteiger partial charge >= 0.3 is 12.1 Å². The normalized spacial score (nSPS) is 11.6. The number of hydrogen-bond acceptors (Lipinski definition) is 6. The average molecular weight is 493 g/mol. The lowest BCUT2D eigenvalue weighted by Gasteiger charge is -2.09. The van der Waals surface area contributed by atoms with E-state index in [-0.39, 0.29) is 23.5 Å². The summed E-state index contributed by atoms with van der Waals surface area (Å²) in [6, 6.07) is 8.15. The van der Waals surface area contributed by atoms with E-state index < -0.39 is 34.5 Å². The number of esters is 1. The van der Waals surface area contributed by atoms with Crippen LogP contribution in [0.25, 0.3) is 16.9 Å². The van der Waals surface area contributed by atoms with E-state index in [9.17, 15) is 22.8 Å². The number of benzene rings is 1. The fourth-order valence-electron chi connectivity index (χ4n) is 3.36. The molecule has 0 aliphatic rings. The maximum Gasteiger partial charge on any atom is 0.434 e. The van der Waals surface area contributed by atoms with Crippen molar-refractivity contribution in [3.63, 3.8) is 0 Å². The number of carbonyl (C=O) groups excluding carboxylic acids is 2. The van der Waals surface area contributed by atoms with Crippen LogP contribution in [-0.4, -0.2) is 42.9 Å². The molecule has 0 spiro atoms. The number of anilines is 1. The molecular formula is C21H16ClF3N6O3. The first-order valence-electron chi connectivity index (χ1n) is 9.83. The van der Waals surface area contributed by atoms with Crippen molar-refractivity contribution in [1.29, 1.82) is 0 Å². The van der Waals surface area contributed by atoms with E-state index in [2.05, 4.69) is 20.5 Å². The van der Waals surface area contributed by atoms with Gasteiger partial charge in [-0.2, -0.15) is 23.4 Å². The number of hydrogen-bond donors (Lipinski definition) is 1. The van der Waals surface area contributed by atoms with Crippen molar-refractivity contribution in [1.82, 2.24) is 24.4 Å². The molecule has 0 unspecified atom stereocenters. The number of amides is 1. The zero-order chi connectivity index (χ0) is 24.6. The Hall–Kier alpha value is -3.93. The Bertz CT molecular complexity index is 1410. The van der Waals surface area contributed by atoms with Gasteiger partial charge in [-0.05, 0) is 25.1 Å². The molecule has 0 radical (unpaired) electrons. The van der Waals surface area contributed by atoms with Crippen LogP contribution in [0.15, 0.2) is 42.7 Å². The highest BCUT2D eigenvalue weighted by Gasteiger charge is 2.40. The van der Waals surface area contributed by atoms with Crippen LogP contribution in [0.4, 0.5) is 18.9 Å². The summed E-state index contributed by atoms with van der Waals surface area (Å²) >= 11 is 5.80. The first kappa shape index (κ1) is 23.2. The van der Waals surface area contributed by atoms with Gasteiger partial charge in [0.2, 0.25) is 0 Å². The molecule has 1 aromatic carbocycles. The van der Waals surface area contributed by atoms with Crippen molar-refractivity contribution >= 4 is 34.8 Å². The van der Waals surface area contributed by atoms with Crippen LogP contribution >= 0.6 is 11.6 Å². The van der Waals surface area contributed by atoms with Crippen LogP contribution in [0.1, 0.15) is 33.5 Å². The molecule has 9 nitrogen and oxygen atoms in total. The van der Waals surface area contributed by atoms with Crippen molar-refractivity contribution in [2.45, 2.75) is 13.1 Å². The molecule has 34 heavy (non-hydrogen) atoms. The van der Waals surface area contributed by atoms with Crippen LogP contribution in [0.5, 0.6) is 0 Å². The van der Waals surface area contributed by atoms with E-state index in [0.29, 0.717) is 15.9 Å². The Morgan fingerprint density at radius 3 is 2.68 bits per heavy atom. The number of nitrogens with one attached hydrogen (secondary N) is 1. The molecule has 4 rings (SSSR count). The number of aromatic nitrogens is 5. The van der Waals surface area contributed by atoms with Gasteiger partial charge in [0.15, 0.2) is 17.0 Å². The highest BCUT2D eigenvalue weighted by molar-refractivity contribution is 6.34. The van der Waals surface area contributed by atoms with E-state index in [1.165, 1.54) is 16.9 Å². The van der Waals surface area contributed by atoms with Gasteiger partial charge in [-0.15, -0.1) is 0 Å². The zero-order valence-corrected chi connectivity index (χ0v) is 18.5. The largest absolute Gasteiger partial charge is 0.462 e. The summed E-state index contributed by atoms with van der Waals surface area (Å²) in [4.78, 5) is 28.9. The quantitative estimate of drug-likeness (QED) is 0.418. The summed E-state index contributed by atoms with van der Waals surface area (Å²) in [6.45, 7) is 1.88. The number of alkyl halides is 3. The van der Waals surface area contributed by atoms with Crippen molar-refractivity contribution in [3.05, 3.63) is 64.7 Å². The summed E-state index contributed by atoms with van der Waals surface area (Å²) in [7, 11) is 1.05. The minimum atomic E-state index is -4.77. The van der Waals surface area contributed by atoms with Gasteiger partial charge in [0.05, 0.1) is 18.5 Å². The number of halogens is 4. The molecule has 0 saturated heterocycles. The molecule has 0 bridgehead atoms. The van der Waals surface area contributed by atoms with Gasteiger partial charge in [-0.3, -0.25) is 9.48 Å². The number of aryl methyl sites for hydroxylation is 1. The Morgan fingerprint density at radius 2 is 2.00 bits per heavy atom. The molecule has 0 atom stereocenters. The van der Waals surface area contributed by atoms with E-state index >= 15 is 0 Å². The van der Waals surface area contributed by atoms with E-state index in [4.69, 9.17) is 16.3 Å². The van der Waals surface area contributed by atoms with Gasteiger partial charge in [-0.25, -0.2) is 14.3 Å². The first-order valence-corrected chi connectivity index (χ1v) is 10.2. The van der Waals surface area contributed by atoms with Gasteiger partial charge in [-0.1, -0.05) is 23.7 Å². The van der Waals surface area contributed by atoms with Crippen molar-refractivity contribution < 1.29 is 27.5 Å². The molecule has 0 saturated carbocycles. The fraction of sp³-hybridized carbons (Fsp3) is 0.190. The molecule has 1 amide bonds. The monoisotopic (exact) mass is 492 g/mol. The van der Waals surface area contributed by atoms with E-state index in [1.807, 2.05) is 0 Å². The second-order valence-electron chi connectivity index (χ2n) is 7.01. The van der Waals surface area contributed by atoms with Gasteiger partial charge in [0, 0.05) is 24.5 Å². The zero-order valence-electron chi connectivity index (χ0n) is 17.7. The molecule has 0 aliphatic heterocycles. The third kappa shape index (κ3) is 4.19. The summed E-state index contributed by atoms with van der Waals surface area (Å²) < 4.78 is 46.4. The maximum atomic E-state index is 13.2. The van der Waals surface area contributed by atoms with E-state index in [1.54, 1.807) is 37.3 Å². The summed E-state index contributed by atoms with van der Waals surface area (Å²) in [5.41, 5.74) is 0.116. The molecule has 13 heteroatoms. The van der Waals surface area contributed by atoms with Crippen LogP contribution in [0, 0.1) is 0 Å². The lowest BCUT2D eigenvalue weighted by atomic mass is 10.1. The molecule has 176 valence electrons.